The van der Waals surface area contributed by atoms with Gasteiger partial charge in [0.1, 0.15) is 5.82 Å². The number of furan rings is 1. The van der Waals surface area contributed by atoms with E-state index < -0.39 is 12.6 Å². The number of carbonyl (C=O) groups is 2. The predicted octanol–water partition coefficient (Wildman–Crippen LogP) is 4.23. The molecular weight excluding hydrogens is 417 g/mol. The Morgan fingerprint density at radius 3 is 2.75 bits per heavy atom. The Labute approximate surface area is 182 Å². The molecule has 4 aromatic rings. The smallest absolute Gasteiger partial charge is 0.306 e. The molecule has 0 unspecified atom stereocenters. The van der Waals surface area contributed by atoms with Crippen molar-refractivity contribution in [3.63, 3.8) is 0 Å². The number of carbonyl (C=O) groups excluding carboxylic acids is 2. The van der Waals surface area contributed by atoms with Crippen LogP contribution in [0.1, 0.15) is 34.1 Å². The van der Waals surface area contributed by atoms with E-state index in [1.54, 1.807) is 41.8 Å². The van der Waals surface area contributed by atoms with Crippen LogP contribution < -0.4 is 0 Å². The number of ketones is 1. The molecule has 4 rings (SSSR count). The molecule has 3 aromatic heterocycles. The van der Waals surface area contributed by atoms with E-state index in [0.29, 0.717) is 28.5 Å². The number of nitrogens with zero attached hydrogens (tertiary/aromatic N) is 3. The van der Waals surface area contributed by atoms with Gasteiger partial charge in [0.25, 0.3) is 0 Å². The fourth-order valence-electron chi connectivity index (χ4n) is 3.42. The Bertz CT molecular complexity index is 1260. The number of halogens is 1. The van der Waals surface area contributed by atoms with Gasteiger partial charge in [-0.15, -0.1) is 0 Å². The number of benzene rings is 1. The number of aromatic nitrogens is 3. The molecule has 0 aliphatic heterocycles. The van der Waals surface area contributed by atoms with Crippen LogP contribution in [0.4, 0.5) is 4.39 Å². The van der Waals surface area contributed by atoms with Gasteiger partial charge in [-0.3, -0.25) is 9.59 Å². The molecule has 32 heavy (non-hydrogen) atoms. The third-order valence-corrected chi connectivity index (χ3v) is 4.91. The van der Waals surface area contributed by atoms with Gasteiger partial charge < -0.3 is 18.2 Å². The molecule has 0 N–H and O–H groups in total. The Kier molecular flexibility index (Phi) is 5.98. The Hall–Kier alpha value is -4.01. The highest BCUT2D eigenvalue weighted by molar-refractivity contribution is 5.99. The second-order valence-corrected chi connectivity index (χ2v) is 7.17. The number of rotatable bonds is 8. The zero-order valence-corrected chi connectivity index (χ0v) is 17.5. The Morgan fingerprint density at radius 1 is 1.16 bits per heavy atom. The van der Waals surface area contributed by atoms with Crippen LogP contribution in [0.25, 0.3) is 17.3 Å². The van der Waals surface area contributed by atoms with Crippen molar-refractivity contribution >= 4 is 11.8 Å². The van der Waals surface area contributed by atoms with E-state index >= 15 is 0 Å². The lowest BCUT2D eigenvalue weighted by atomic mass is 10.1. The number of hydrogen-bond donors (Lipinski definition) is 0. The van der Waals surface area contributed by atoms with Crippen molar-refractivity contribution in [1.29, 1.82) is 0 Å². The molecule has 164 valence electrons. The molecule has 0 bridgehead atoms. The standard InChI is InChI=1S/C23H20FN3O5/c1-14-11-18(15(2)27(14)17-6-3-5-16(24)12-17)19(28)13-31-22(29)9-8-21-25-23(26-32-21)20-7-4-10-30-20/h3-7,10-12H,8-9,13H2,1-2H3. The maximum Gasteiger partial charge on any atom is 0.306 e. The second-order valence-electron chi connectivity index (χ2n) is 7.17. The second kappa shape index (κ2) is 9.01. The highest BCUT2D eigenvalue weighted by Crippen LogP contribution is 2.22. The first-order chi connectivity index (χ1) is 15.4. The number of hydrogen-bond acceptors (Lipinski definition) is 7. The minimum Gasteiger partial charge on any atom is -0.461 e. The van der Waals surface area contributed by atoms with Gasteiger partial charge in [-0.25, -0.2) is 4.39 Å². The molecule has 0 aliphatic carbocycles. The van der Waals surface area contributed by atoms with E-state index in [1.807, 2.05) is 6.92 Å². The summed E-state index contributed by atoms with van der Waals surface area (Å²) < 4.78 is 30.8. The van der Waals surface area contributed by atoms with E-state index in [-0.39, 0.29) is 30.3 Å². The molecule has 8 nitrogen and oxygen atoms in total. The van der Waals surface area contributed by atoms with E-state index in [2.05, 4.69) is 10.1 Å². The van der Waals surface area contributed by atoms with E-state index in [4.69, 9.17) is 13.7 Å². The first kappa shape index (κ1) is 21.2. The van der Waals surface area contributed by atoms with E-state index in [9.17, 15) is 14.0 Å². The van der Waals surface area contributed by atoms with Crippen molar-refractivity contribution in [3.05, 3.63) is 77.4 Å². The number of esters is 1. The first-order valence-corrected chi connectivity index (χ1v) is 9.92. The molecule has 0 spiro atoms. The maximum atomic E-state index is 13.6. The van der Waals surface area contributed by atoms with Crippen LogP contribution in [0.5, 0.6) is 0 Å². The van der Waals surface area contributed by atoms with Gasteiger partial charge in [0.05, 0.1) is 12.7 Å². The summed E-state index contributed by atoms with van der Waals surface area (Å²) in [5.74, 6) is -0.249. The Morgan fingerprint density at radius 2 is 2.00 bits per heavy atom. The SMILES string of the molecule is Cc1cc(C(=O)COC(=O)CCc2nc(-c3ccco3)no2)c(C)n1-c1cccc(F)c1. The van der Waals surface area contributed by atoms with Crippen LogP contribution in [-0.2, 0) is 16.0 Å². The van der Waals surface area contributed by atoms with Crippen LogP contribution >= 0.6 is 0 Å². The normalized spacial score (nSPS) is 11.0. The molecule has 0 fully saturated rings. The van der Waals surface area contributed by atoms with Crippen molar-refractivity contribution in [2.45, 2.75) is 26.7 Å². The highest BCUT2D eigenvalue weighted by Gasteiger charge is 2.19. The van der Waals surface area contributed by atoms with Crippen LogP contribution in [-0.4, -0.2) is 33.1 Å². The minimum absolute atomic E-state index is 0.0185. The molecule has 0 saturated carbocycles. The summed E-state index contributed by atoms with van der Waals surface area (Å²) in [5.41, 5.74) is 2.45. The van der Waals surface area contributed by atoms with E-state index in [0.717, 1.165) is 5.69 Å². The van der Waals surface area contributed by atoms with Gasteiger partial charge in [0.15, 0.2) is 12.4 Å². The van der Waals surface area contributed by atoms with Gasteiger partial charge in [0.2, 0.25) is 17.5 Å². The van der Waals surface area contributed by atoms with Crippen LogP contribution in [0.3, 0.4) is 0 Å². The summed E-state index contributed by atoms with van der Waals surface area (Å²) in [4.78, 5) is 28.9. The molecule has 0 radical (unpaired) electrons. The van der Waals surface area contributed by atoms with Crippen LogP contribution in [0, 0.1) is 19.7 Å². The molecule has 0 saturated heterocycles. The molecule has 0 amide bonds. The lowest BCUT2D eigenvalue weighted by Gasteiger charge is -2.10. The minimum atomic E-state index is -0.560. The zero-order valence-electron chi connectivity index (χ0n) is 17.5. The molecule has 9 heteroatoms. The Balaban J connectivity index is 1.34. The maximum absolute atomic E-state index is 13.6. The summed E-state index contributed by atoms with van der Waals surface area (Å²) in [7, 11) is 0. The van der Waals surface area contributed by atoms with Crippen LogP contribution in [0.15, 0.2) is 57.7 Å². The third-order valence-electron chi connectivity index (χ3n) is 4.91. The van der Waals surface area contributed by atoms with Gasteiger partial charge in [0, 0.05) is 29.1 Å². The fraction of sp³-hybridized carbons (Fsp3) is 0.217. The van der Waals surface area contributed by atoms with Crippen molar-refractivity contribution in [2.24, 2.45) is 0 Å². The van der Waals surface area contributed by atoms with Gasteiger partial charge in [-0.1, -0.05) is 11.2 Å². The fourth-order valence-corrected chi connectivity index (χ4v) is 3.42. The average Bonchev–Trinajstić information content (AvgIpc) is 3.51. The van der Waals surface area contributed by atoms with Gasteiger partial charge in [-0.05, 0) is 50.2 Å². The summed E-state index contributed by atoms with van der Waals surface area (Å²) in [6.07, 6.45) is 1.65. The summed E-state index contributed by atoms with van der Waals surface area (Å²) in [6.45, 7) is 3.19. The van der Waals surface area contributed by atoms with Crippen molar-refractivity contribution in [3.8, 4) is 17.3 Å². The zero-order chi connectivity index (χ0) is 22.7. The molecule has 1 aromatic carbocycles. The van der Waals surface area contributed by atoms with Gasteiger partial charge >= 0.3 is 5.97 Å². The number of ether oxygens (including phenoxy) is 1. The quantitative estimate of drug-likeness (QED) is 0.300. The predicted molar refractivity (Wildman–Crippen MR) is 111 cm³/mol. The van der Waals surface area contributed by atoms with E-state index in [1.165, 1.54) is 18.4 Å². The molecule has 0 aliphatic rings. The molecular formula is C23H20FN3O5. The summed E-state index contributed by atoms with van der Waals surface area (Å²) >= 11 is 0. The highest BCUT2D eigenvalue weighted by atomic mass is 19.1. The van der Waals surface area contributed by atoms with Crippen molar-refractivity contribution < 1.29 is 27.7 Å². The summed E-state index contributed by atoms with van der Waals surface area (Å²) in [6, 6.07) is 11.2. The lowest BCUT2D eigenvalue weighted by molar-refractivity contribution is -0.142. The third kappa shape index (κ3) is 4.51. The first-order valence-electron chi connectivity index (χ1n) is 9.92. The van der Waals surface area contributed by atoms with Crippen LogP contribution in [0.2, 0.25) is 0 Å². The monoisotopic (exact) mass is 437 g/mol. The summed E-state index contributed by atoms with van der Waals surface area (Å²) in [5, 5.41) is 3.79. The average molecular weight is 437 g/mol. The number of aryl methyl sites for hydroxylation is 2. The van der Waals surface area contributed by atoms with Gasteiger partial charge in [-0.2, -0.15) is 4.98 Å². The lowest BCUT2D eigenvalue weighted by Crippen LogP contribution is -2.15. The largest absolute Gasteiger partial charge is 0.461 e. The van der Waals surface area contributed by atoms with Crippen molar-refractivity contribution in [1.82, 2.24) is 14.7 Å². The van der Waals surface area contributed by atoms with Crippen molar-refractivity contribution in [2.75, 3.05) is 6.61 Å². The molecule has 3 heterocycles. The molecule has 0 atom stereocenters. The number of Topliss-reactive ketones (excluding diaryl/α,β-unsaturated/α-hetero) is 1. The topological polar surface area (TPSA) is 100 Å².